The summed E-state index contributed by atoms with van der Waals surface area (Å²) in [7, 11) is 0. The fourth-order valence-corrected chi connectivity index (χ4v) is 1.86. The lowest BCUT2D eigenvalue weighted by Gasteiger charge is -2.31. The number of para-hydroxylation sites is 1. The Kier molecular flexibility index (Phi) is 3.99. The number of carbonyl (C=O) groups is 1. The van der Waals surface area contributed by atoms with E-state index < -0.39 is 12.3 Å². The topological polar surface area (TPSA) is 38.8 Å². The molecule has 0 saturated carbocycles. The summed E-state index contributed by atoms with van der Waals surface area (Å²) in [6, 6.07) is 7.60. The molecule has 1 aliphatic heterocycles. The first-order valence-electron chi connectivity index (χ1n) is 6.03. The van der Waals surface area contributed by atoms with Crippen LogP contribution in [0.3, 0.4) is 0 Å². The van der Waals surface area contributed by atoms with E-state index in [-0.39, 0.29) is 0 Å². The van der Waals surface area contributed by atoms with Gasteiger partial charge in [0.2, 0.25) is 0 Å². The maximum Gasteiger partial charge on any atom is 0.416 e. The number of ether oxygens (including phenoxy) is 2. The first-order valence-corrected chi connectivity index (χ1v) is 6.03. The van der Waals surface area contributed by atoms with Gasteiger partial charge < -0.3 is 9.47 Å². The van der Waals surface area contributed by atoms with Crippen molar-refractivity contribution in [3.8, 4) is 0 Å². The van der Waals surface area contributed by atoms with Gasteiger partial charge in [-0.2, -0.15) is 0 Å². The molecular formula is C14H16NO3. The Morgan fingerprint density at radius 1 is 1.33 bits per heavy atom. The number of anilines is 1. The fraction of sp³-hybridized carbons (Fsp3) is 0.357. The third-order valence-corrected chi connectivity index (χ3v) is 2.60. The van der Waals surface area contributed by atoms with Gasteiger partial charge in [-0.05, 0) is 31.6 Å². The minimum Gasteiger partial charge on any atom is -0.449 e. The maximum absolute atomic E-state index is 12.0. The number of hydrogen-bond acceptors (Lipinski definition) is 3. The Balaban J connectivity index is 2.35. The molecule has 0 N–H and O–H groups in total. The first-order chi connectivity index (χ1) is 8.77. The van der Waals surface area contributed by atoms with Gasteiger partial charge in [-0.25, -0.2) is 9.69 Å². The molecule has 1 aromatic rings. The number of rotatable bonds is 3. The Morgan fingerprint density at radius 3 is 2.83 bits per heavy atom. The molecule has 0 aliphatic carbocycles. The molecule has 1 radical (unpaired) electrons. The normalized spacial score (nSPS) is 17.4. The average Bonchev–Trinajstić information content (AvgIpc) is 2.39. The highest BCUT2D eigenvalue weighted by atomic mass is 16.6. The van der Waals surface area contributed by atoms with Crippen LogP contribution in [0.5, 0.6) is 0 Å². The zero-order valence-electron chi connectivity index (χ0n) is 10.6. The standard InChI is InChI=1S/C14H16NO3/c1-3-17-13-10-9-11-7-5-6-8-12(11)15(13)14(16)18-4-2/h5-9,13H,3-4H2,1-2H3. The van der Waals surface area contributed by atoms with Crippen molar-refractivity contribution in [2.24, 2.45) is 0 Å². The molecule has 1 aliphatic rings. The van der Waals surface area contributed by atoms with Crippen LogP contribution in [0.1, 0.15) is 19.4 Å². The summed E-state index contributed by atoms with van der Waals surface area (Å²) in [5, 5.41) is 0. The summed E-state index contributed by atoms with van der Waals surface area (Å²) < 4.78 is 10.6. The molecule has 0 saturated heterocycles. The Labute approximate surface area is 107 Å². The second kappa shape index (κ2) is 5.69. The highest BCUT2D eigenvalue weighted by Crippen LogP contribution is 2.29. The minimum absolute atomic E-state index is 0.333. The van der Waals surface area contributed by atoms with Gasteiger partial charge in [0.1, 0.15) is 0 Å². The Hall–Kier alpha value is -1.81. The van der Waals surface area contributed by atoms with E-state index >= 15 is 0 Å². The second-order valence-corrected chi connectivity index (χ2v) is 3.75. The van der Waals surface area contributed by atoms with E-state index in [4.69, 9.17) is 9.47 Å². The molecule has 1 heterocycles. The van der Waals surface area contributed by atoms with Crippen molar-refractivity contribution in [3.63, 3.8) is 0 Å². The molecule has 0 bridgehead atoms. The van der Waals surface area contributed by atoms with Crippen LogP contribution in [0.25, 0.3) is 6.08 Å². The van der Waals surface area contributed by atoms with Crippen molar-refractivity contribution in [3.05, 3.63) is 35.9 Å². The van der Waals surface area contributed by atoms with Crippen molar-refractivity contribution in [2.45, 2.75) is 20.1 Å². The molecule has 4 nitrogen and oxygen atoms in total. The van der Waals surface area contributed by atoms with E-state index in [0.717, 1.165) is 11.3 Å². The largest absolute Gasteiger partial charge is 0.449 e. The molecular weight excluding hydrogens is 230 g/mol. The number of amides is 1. The Bertz CT molecular complexity index is 456. The van der Waals surface area contributed by atoms with Crippen molar-refractivity contribution < 1.29 is 14.3 Å². The Morgan fingerprint density at radius 2 is 2.11 bits per heavy atom. The van der Waals surface area contributed by atoms with Gasteiger partial charge in [-0.15, -0.1) is 0 Å². The monoisotopic (exact) mass is 246 g/mol. The van der Waals surface area contributed by atoms with Gasteiger partial charge in [-0.3, -0.25) is 0 Å². The van der Waals surface area contributed by atoms with E-state index in [2.05, 4.69) is 6.08 Å². The molecule has 1 amide bonds. The van der Waals surface area contributed by atoms with Crippen molar-refractivity contribution in [1.82, 2.24) is 0 Å². The average molecular weight is 246 g/mol. The van der Waals surface area contributed by atoms with E-state index in [1.54, 1.807) is 6.92 Å². The molecule has 0 spiro atoms. The van der Waals surface area contributed by atoms with Crippen LogP contribution in [0, 0.1) is 6.08 Å². The highest BCUT2D eigenvalue weighted by Gasteiger charge is 2.29. The van der Waals surface area contributed by atoms with Gasteiger partial charge >= 0.3 is 6.09 Å². The van der Waals surface area contributed by atoms with Crippen LogP contribution in [-0.2, 0) is 9.47 Å². The molecule has 1 atom stereocenters. The number of benzene rings is 1. The summed E-state index contributed by atoms with van der Waals surface area (Å²) in [5.74, 6) is 0. The number of fused-ring (bicyclic) bond motifs is 1. The van der Waals surface area contributed by atoms with E-state index in [1.165, 1.54) is 4.90 Å². The van der Waals surface area contributed by atoms with Crippen LogP contribution < -0.4 is 4.90 Å². The van der Waals surface area contributed by atoms with Crippen molar-refractivity contribution >= 4 is 17.9 Å². The van der Waals surface area contributed by atoms with Crippen LogP contribution in [-0.4, -0.2) is 25.5 Å². The summed E-state index contributed by atoms with van der Waals surface area (Å²) in [6.45, 7) is 4.50. The lowest BCUT2D eigenvalue weighted by Crippen LogP contribution is -2.43. The molecule has 0 fully saturated rings. The van der Waals surface area contributed by atoms with Crippen LogP contribution in [0.2, 0.25) is 0 Å². The molecule has 1 aromatic carbocycles. The first kappa shape index (κ1) is 12.6. The maximum atomic E-state index is 12.0. The number of nitrogens with zero attached hydrogens (tertiary/aromatic N) is 1. The predicted molar refractivity (Wildman–Crippen MR) is 69.1 cm³/mol. The molecule has 95 valence electrons. The minimum atomic E-state index is -0.524. The SMILES string of the molecule is CCOC(=O)N1c2ccccc2C=[C]C1OCC. The van der Waals surface area contributed by atoms with Gasteiger partial charge in [-0.1, -0.05) is 18.2 Å². The van der Waals surface area contributed by atoms with E-state index in [1.807, 2.05) is 37.3 Å². The number of carbonyl (C=O) groups excluding carboxylic acids is 1. The van der Waals surface area contributed by atoms with Gasteiger partial charge in [0.15, 0.2) is 6.23 Å². The summed E-state index contributed by atoms with van der Waals surface area (Å²) >= 11 is 0. The van der Waals surface area contributed by atoms with Crippen molar-refractivity contribution in [1.29, 1.82) is 0 Å². The molecule has 18 heavy (non-hydrogen) atoms. The lowest BCUT2D eigenvalue weighted by atomic mass is 10.1. The summed E-state index contributed by atoms with van der Waals surface area (Å²) in [6.07, 6.45) is 3.95. The zero-order chi connectivity index (χ0) is 13.0. The molecule has 4 heteroatoms. The highest BCUT2D eigenvalue weighted by molar-refractivity contribution is 5.92. The second-order valence-electron chi connectivity index (χ2n) is 3.75. The molecule has 2 rings (SSSR count). The molecule has 0 aromatic heterocycles. The zero-order valence-corrected chi connectivity index (χ0v) is 10.6. The van der Waals surface area contributed by atoms with Gasteiger partial charge in [0.25, 0.3) is 0 Å². The lowest BCUT2D eigenvalue weighted by molar-refractivity contribution is 0.0789. The summed E-state index contributed by atoms with van der Waals surface area (Å²) in [4.78, 5) is 13.5. The van der Waals surface area contributed by atoms with Crippen molar-refractivity contribution in [2.75, 3.05) is 18.1 Å². The third kappa shape index (κ3) is 2.38. The number of hydrogen-bond donors (Lipinski definition) is 0. The van der Waals surface area contributed by atoms with Crippen LogP contribution in [0.15, 0.2) is 24.3 Å². The fourth-order valence-electron chi connectivity index (χ4n) is 1.86. The van der Waals surface area contributed by atoms with E-state index in [9.17, 15) is 4.79 Å². The smallest absolute Gasteiger partial charge is 0.416 e. The van der Waals surface area contributed by atoms with Crippen LogP contribution >= 0.6 is 0 Å². The van der Waals surface area contributed by atoms with Gasteiger partial charge in [0, 0.05) is 12.7 Å². The van der Waals surface area contributed by atoms with E-state index in [0.29, 0.717) is 13.2 Å². The summed E-state index contributed by atoms with van der Waals surface area (Å²) in [5.41, 5.74) is 1.72. The quantitative estimate of drug-likeness (QED) is 0.823. The van der Waals surface area contributed by atoms with Crippen LogP contribution in [0.4, 0.5) is 10.5 Å². The predicted octanol–water partition coefficient (Wildman–Crippen LogP) is 2.84. The van der Waals surface area contributed by atoms with Gasteiger partial charge in [0.05, 0.1) is 12.3 Å². The third-order valence-electron chi connectivity index (χ3n) is 2.60. The molecule has 1 unspecified atom stereocenters.